The number of likely N-dealkylation sites (tertiary alicyclic amines) is 1. The van der Waals surface area contributed by atoms with Crippen molar-refractivity contribution in [1.82, 2.24) is 20.4 Å². The molecule has 0 radical (unpaired) electrons. The lowest BCUT2D eigenvalue weighted by atomic mass is 9.96. The fourth-order valence-corrected chi connectivity index (χ4v) is 4.29. The first-order chi connectivity index (χ1) is 13.5. The maximum atomic E-state index is 12.6. The molecule has 2 saturated heterocycles. The van der Waals surface area contributed by atoms with E-state index in [1.54, 1.807) is 6.92 Å². The summed E-state index contributed by atoms with van der Waals surface area (Å²) in [6.07, 6.45) is 3.64. The molecule has 1 aromatic rings. The normalized spacial score (nSPS) is 26.4. The summed E-state index contributed by atoms with van der Waals surface area (Å²) < 4.78 is 0. The molecule has 3 aliphatic rings. The van der Waals surface area contributed by atoms with Crippen LogP contribution in [0.4, 0.5) is 4.79 Å². The molecule has 28 heavy (non-hydrogen) atoms. The lowest BCUT2D eigenvalue weighted by molar-refractivity contribution is -0.135. The van der Waals surface area contributed by atoms with Crippen LogP contribution in [0.15, 0.2) is 30.3 Å². The van der Waals surface area contributed by atoms with E-state index in [9.17, 15) is 14.4 Å². The predicted molar refractivity (Wildman–Crippen MR) is 104 cm³/mol. The summed E-state index contributed by atoms with van der Waals surface area (Å²) in [5.74, 6) is -0.330. The quantitative estimate of drug-likeness (QED) is 0.728. The third-order valence-corrected chi connectivity index (χ3v) is 6.20. The van der Waals surface area contributed by atoms with Gasteiger partial charge in [-0.25, -0.2) is 4.79 Å². The first-order valence-electron chi connectivity index (χ1n) is 10.2. The van der Waals surface area contributed by atoms with Crippen molar-refractivity contribution in [3.8, 4) is 0 Å². The van der Waals surface area contributed by atoms with Gasteiger partial charge in [-0.15, -0.1) is 0 Å². The minimum absolute atomic E-state index is 0.0927. The molecule has 4 amide bonds. The van der Waals surface area contributed by atoms with E-state index in [-0.39, 0.29) is 30.3 Å². The zero-order valence-electron chi connectivity index (χ0n) is 16.3. The van der Waals surface area contributed by atoms with Crippen LogP contribution in [-0.2, 0) is 16.1 Å². The number of nitrogens with zero attached hydrogens (tertiary/aromatic N) is 2. The zero-order chi connectivity index (χ0) is 19.7. The average Bonchev–Trinajstić information content (AvgIpc) is 3.50. The Balaban J connectivity index is 1.24. The number of benzene rings is 1. The molecule has 1 atom stereocenters. The summed E-state index contributed by atoms with van der Waals surface area (Å²) in [6.45, 7) is 4.33. The van der Waals surface area contributed by atoms with Gasteiger partial charge in [0.15, 0.2) is 0 Å². The van der Waals surface area contributed by atoms with E-state index in [4.69, 9.17) is 0 Å². The summed E-state index contributed by atoms with van der Waals surface area (Å²) in [6, 6.07) is 10.0. The molecule has 1 aromatic carbocycles. The molecular formula is C21H28N4O3. The number of rotatable bonds is 6. The van der Waals surface area contributed by atoms with E-state index >= 15 is 0 Å². The highest BCUT2D eigenvalue weighted by Crippen LogP contribution is 2.42. The monoisotopic (exact) mass is 384 g/mol. The first-order valence-corrected chi connectivity index (χ1v) is 10.2. The standard InChI is InChI=1S/C21H28N4O3/c1-21(16-7-8-16)19(27)25(20(28)23-21)14-18(26)22-17-9-11-24(12-10-17)13-15-5-3-2-4-6-15/h2-6,16-17H,7-14H2,1H3,(H,22,26)(H,23,28)/t21-/m0/s1. The number of urea groups is 1. The van der Waals surface area contributed by atoms with Crippen molar-refractivity contribution in [2.24, 2.45) is 5.92 Å². The van der Waals surface area contributed by atoms with Crippen molar-refractivity contribution >= 4 is 17.8 Å². The predicted octanol–water partition coefficient (Wildman–Crippen LogP) is 1.49. The van der Waals surface area contributed by atoms with Crippen molar-refractivity contribution in [3.63, 3.8) is 0 Å². The number of piperidine rings is 1. The SMILES string of the molecule is C[C@@]1(C2CC2)NC(=O)N(CC(=O)NC2CCN(Cc3ccccc3)CC2)C1=O. The Bertz CT molecular complexity index is 756. The van der Waals surface area contributed by atoms with Gasteiger partial charge in [0, 0.05) is 25.7 Å². The Morgan fingerprint density at radius 2 is 1.82 bits per heavy atom. The van der Waals surface area contributed by atoms with E-state index in [0.717, 1.165) is 50.2 Å². The third-order valence-electron chi connectivity index (χ3n) is 6.20. The first kappa shape index (κ1) is 18.9. The number of hydrogen-bond donors (Lipinski definition) is 2. The van der Waals surface area contributed by atoms with Crippen molar-refractivity contribution in [1.29, 1.82) is 0 Å². The van der Waals surface area contributed by atoms with Crippen LogP contribution in [-0.4, -0.2) is 58.9 Å². The summed E-state index contributed by atoms with van der Waals surface area (Å²) in [7, 11) is 0. The molecule has 7 heteroatoms. The van der Waals surface area contributed by atoms with Crippen molar-refractivity contribution < 1.29 is 14.4 Å². The van der Waals surface area contributed by atoms with Gasteiger partial charge >= 0.3 is 6.03 Å². The zero-order valence-corrected chi connectivity index (χ0v) is 16.3. The number of carbonyl (C=O) groups is 3. The van der Waals surface area contributed by atoms with Gasteiger partial charge in [0.1, 0.15) is 12.1 Å². The third kappa shape index (κ3) is 3.90. The van der Waals surface area contributed by atoms with E-state index in [2.05, 4.69) is 27.7 Å². The molecule has 0 spiro atoms. The highest BCUT2D eigenvalue weighted by atomic mass is 16.2. The fraction of sp³-hybridized carbons (Fsp3) is 0.571. The van der Waals surface area contributed by atoms with Crippen molar-refractivity contribution in [3.05, 3.63) is 35.9 Å². The van der Waals surface area contributed by atoms with Crippen LogP contribution in [0.1, 0.15) is 38.2 Å². The number of nitrogens with one attached hydrogen (secondary N) is 2. The second kappa shape index (κ2) is 7.54. The highest BCUT2D eigenvalue weighted by molar-refractivity contribution is 6.09. The second-order valence-corrected chi connectivity index (χ2v) is 8.40. The molecule has 2 N–H and O–H groups in total. The molecule has 4 rings (SSSR count). The lowest BCUT2D eigenvalue weighted by Crippen LogP contribution is -2.49. The van der Waals surface area contributed by atoms with Crippen LogP contribution < -0.4 is 10.6 Å². The van der Waals surface area contributed by atoms with Gasteiger partial charge < -0.3 is 10.6 Å². The number of hydrogen-bond acceptors (Lipinski definition) is 4. The summed E-state index contributed by atoms with van der Waals surface area (Å²) in [5, 5.41) is 5.78. The molecule has 0 aromatic heterocycles. The molecule has 0 bridgehead atoms. The molecule has 1 saturated carbocycles. The van der Waals surface area contributed by atoms with Crippen molar-refractivity contribution in [2.45, 2.75) is 50.7 Å². The van der Waals surface area contributed by atoms with E-state index in [1.165, 1.54) is 5.56 Å². The average molecular weight is 384 g/mol. The number of amides is 4. The van der Waals surface area contributed by atoms with E-state index < -0.39 is 11.6 Å². The van der Waals surface area contributed by atoms with Gasteiger partial charge in [-0.1, -0.05) is 30.3 Å². The van der Waals surface area contributed by atoms with E-state index in [0.29, 0.717) is 0 Å². The minimum atomic E-state index is -0.833. The van der Waals surface area contributed by atoms with Crippen LogP contribution >= 0.6 is 0 Å². The molecule has 3 fully saturated rings. The number of imide groups is 1. The van der Waals surface area contributed by atoms with Crippen LogP contribution in [0.3, 0.4) is 0 Å². The van der Waals surface area contributed by atoms with Crippen LogP contribution in [0.2, 0.25) is 0 Å². The second-order valence-electron chi connectivity index (χ2n) is 8.40. The summed E-state index contributed by atoms with van der Waals surface area (Å²) in [5.41, 5.74) is 0.461. The largest absolute Gasteiger partial charge is 0.352 e. The molecule has 0 unspecified atom stereocenters. The molecular weight excluding hydrogens is 356 g/mol. The summed E-state index contributed by atoms with van der Waals surface area (Å²) >= 11 is 0. The van der Waals surface area contributed by atoms with Gasteiger partial charge in [-0.05, 0) is 44.1 Å². The topological polar surface area (TPSA) is 81.8 Å². The Kier molecular flexibility index (Phi) is 5.10. The van der Waals surface area contributed by atoms with Crippen LogP contribution in [0, 0.1) is 5.92 Å². The minimum Gasteiger partial charge on any atom is -0.352 e. The fourth-order valence-electron chi connectivity index (χ4n) is 4.29. The van der Waals surface area contributed by atoms with Gasteiger partial charge in [-0.3, -0.25) is 19.4 Å². The Morgan fingerprint density at radius 1 is 1.14 bits per heavy atom. The van der Waals surface area contributed by atoms with Gasteiger partial charge in [0.05, 0.1) is 0 Å². The molecule has 2 heterocycles. The Morgan fingerprint density at radius 3 is 2.46 bits per heavy atom. The molecule has 150 valence electrons. The maximum absolute atomic E-state index is 12.6. The van der Waals surface area contributed by atoms with Gasteiger partial charge in [0.25, 0.3) is 5.91 Å². The van der Waals surface area contributed by atoms with Crippen LogP contribution in [0.5, 0.6) is 0 Å². The highest BCUT2D eigenvalue weighted by Gasteiger charge is 2.56. The molecule has 7 nitrogen and oxygen atoms in total. The Labute approximate surface area is 165 Å². The lowest BCUT2D eigenvalue weighted by Gasteiger charge is -2.32. The van der Waals surface area contributed by atoms with Gasteiger partial charge in [-0.2, -0.15) is 0 Å². The molecule has 2 aliphatic heterocycles. The van der Waals surface area contributed by atoms with E-state index in [1.807, 2.05) is 18.2 Å². The Hall–Kier alpha value is -2.41. The van der Waals surface area contributed by atoms with Gasteiger partial charge in [0.2, 0.25) is 5.91 Å². The summed E-state index contributed by atoms with van der Waals surface area (Å²) in [4.78, 5) is 40.7. The smallest absolute Gasteiger partial charge is 0.325 e. The number of carbonyl (C=O) groups excluding carboxylic acids is 3. The van der Waals surface area contributed by atoms with Crippen LogP contribution in [0.25, 0.3) is 0 Å². The molecule has 1 aliphatic carbocycles. The maximum Gasteiger partial charge on any atom is 0.325 e. The van der Waals surface area contributed by atoms with Crippen molar-refractivity contribution in [2.75, 3.05) is 19.6 Å².